The molecule has 2 aromatic rings. The first kappa shape index (κ1) is 19.7. The Kier molecular flexibility index (Phi) is 6.59. The van der Waals surface area contributed by atoms with Gasteiger partial charge in [0.25, 0.3) is 5.56 Å². The molecule has 0 bridgehead atoms. The first-order valence-corrected chi connectivity index (χ1v) is 8.38. The zero-order valence-corrected chi connectivity index (χ0v) is 15.3. The van der Waals surface area contributed by atoms with Crippen LogP contribution in [0.2, 0.25) is 10.0 Å². The van der Waals surface area contributed by atoms with Crippen LogP contribution in [0.1, 0.15) is 6.92 Å². The van der Waals surface area contributed by atoms with Crippen molar-refractivity contribution in [3.63, 3.8) is 0 Å². The second-order valence-corrected chi connectivity index (χ2v) is 6.11. The second-order valence-electron chi connectivity index (χ2n) is 5.29. The van der Waals surface area contributed by atoms with Gasteiger partial charge in [0.1, 0.15) is 6.54 Å². The Morgan fingerprint density at radius 1 is 1.19 bits per heavy atom. The summed E-state index contributed by atoms with van der Waals surface area (Å²) < 4.78 is 1.05. The molecule has 10 heteroatoms. The van der Waals surface area contributed by atoms with Crippen LogP contribution in [0.4, 0.5) is 5.69 Å². The third kappa shape index (κ3) is 4.96. The number of para-hydroxylation sites is 1. The summed E-state index contributed by atoms with van der Waals surface area (Å²) in [5.41, 5.74) is -0.988. The third-order valence-corrected chi connectivity index (χ3v) is 4.13. The molecule has 0 aliphatic rings. The Labute approximate surface area is 158 Å². The highest BCUT2D eigenvalue weighted by Gasteiger charge is 2.18. The molecule has 2 N–H and O–H groups in total. The summed E-state index contributed by atoms with van der Waals surface area (Å²) in [6.07, 6.45) is 1.22. The summed E-state index contributed by atoms with van der Waals surface area (Å²) >= 11 is 12.0. The van der Waals surface area contributed by atoms with Crippen LogP contribution in [0.25, 0.3) is 0 Å². The van der Waals surface area contributed by atoms with Gasteiger partial charge in [0.15, 0.2) is 0 Å². The van der Waals surface area contributed by atoms with Gasteiger partial charge in [-0.2, -0.15) is 0 Å². The number of nitrogens with one attached hydrogen (secondary N) is 2. The number of likely N-dealkylation sites (N-methyl/N-ethyl adjacent to an activating group) is 1. The number of aromatic nitrogens is 2. The summed E-state index contributed by atoms with van der Waals surface area (Å²) in [5, 5.41) is 3.12. The molecule has 26 heavy (non-hydrogen) atoms. The van der Waals surface area contributed by atoms with Gasteiger partial charge in [-0.15, -0.1) is 0 Å². The van der Waals surface area contributed by atoms with E-state index in [1.807, 2.05) is 0 Å². The highest BCUT2D eigenvalue weighted by atomic mass is 35.5. The van der Waals surface area contributed by atoms with Crippen molar-refractivity contribution in [3.05, 3.63) is 61.3 Å². The van der Waals surface area contributed by atoms with Gasteiger partial charge in [-0.05, 0) is 19.1 Å². The molecule has 1 aromatic carbocycles. The standard InChI is InChI=1S/C16H16Cl2N4O4/c1-2-21(14(25)9-22-7-6-12(23)20-16(22)26)8-13(24)19-15-10(17)4-3-5-11(15)18/h3-7H,2,8-9H2,1H3,(H,19,24)(H,20,23,26). The van der Waals surface area contributed by atoms with E-state index in [4.69, 9.17) is 23.2 Å². The molecule has 0 saturated carbocycles. The number of amides is 2. The van der Waals surface area contributed by atoms with Crippen LogP contribution >= 0.6 is 23.2 Å². The number of benzene rings is 1. The number of H-pyrrole nitrogens is 1. The molecule has 0 fully saturated rings. The van der Waals surface area contributed by atoms with Crippen molar-refractivity contribution < 1.29 is 9.59 Å². The molecular weight excluding hydrogens is 383 g/mol. The van der Waals surface area contributed by atoms with E-state index in [2.05, 4.69) is 10.3 Å². The molecule has 0 aliphatic heterocycles. The lowest BCUT2D eigenvalue weighted by Gasteiger charge is -2.21. The van der Waals surface area contributed by atoms with Crippen molar-refractivity contribution in [2.45, 2.75) is 13.5 Å². The summed E-state index contributed by atoms with van der Waals surface area (Å²) in [4.78, 5) is 50.6. The van der Waals surface area contributed by atoms with Crippen molar-refractivity contribution in [2.24, 2.45) is 0 Å². The van der Waals surface area contributed by atoms with E-state index in [9.17, 15) is 19.2 Å². The van der Waals surface area contributed by atoms with E-state index in [0.717, 1.165) is 10.6 Å². The minimum absolute atomic E-state index is 0.241. The van der Waals surface area contributed by atoms with Crippen LogP contribution in [-0.2, 0) is 16.1 Å². The van der Waals surface area contributed by atoms with E-state index in [-0.39, 0.29) is 35.4 Å². The number of nitrogens with zero attached hydrogens (tertiary/aromatic N) is 2. The first-order chi connectivity index (χ1) is 12.3. The van der Waals surface area contributed by atoms with Crippen LogP contribution in [0, 0.1) is 0 Å². The second kappa shape index (κ2) is 8.68. The van der Waals surface area contributed by atoms with E-state index < -0.39 is 23.1 Å². The topological polar surface area (TPSA) is 104 Å². The van der Waals surface area contributed by atoms with Gasteiger partial charge >= 0.3 is 5.69 Å². The largest absolute Gasteiger partial charge is 0.332 e. The maximum absolute atomic E-state index is 12.3. The molecular formula is C16H16Cl2N4O4. The molecule has 0 saturated heterocycles. The summed E-state index contributed by atoms with van der Waals surface area (Å²) in [7, 11) is 0. The lowest BCUT2D eigenvalue weighted by molar-refractivity contribution is -0.135. The van der Waals surface area contributed by atoms with Crippen molar-refractivity contribution in [1.29, 1.82) is 0 Å². The molecule has 0 spiro atoms. The van der Waals surface area contributed by atoms with Gasteiger partial charge in [-0.3, -0.25) is 23.9 Å². The molecule has 2 rings (SSSR count). The normalized spacial score (nSPS) is 10.4. The molecule has 8 nitrogen and oxygen atoms in total. The number of rotatable bonds is 6. The number of hydrogen-bond acceptors (Lipinski definition) is 4. The van der Waals surface area contributed by atoms with Crippen LogP contribution in [0.15, 0.2) is 40.1 Å². The Hall–Kier alpha value is -2.58. The molecule has 0 unspecified atom stereocenters. The number of halogens is 2. The highest BCUT2D eigenvalue weighted by Crippen LogP contribution is 2.29. The zero-order valence-electron chi connectivity index (χ0n) is 13.8. The van der Waals surface area contributed by atoms with Gasteiger partial charge in [0.2, 0.25) is 11.8 Å². The molecule has 1 heterocycles. The summed E-state index contributed by atoms with van der Waals surface area (Å²) in [6, 6.07) is 5.93. The van der Waals surface area contributed by atoms with Gasteiger partial charge in [-0.1, -0.05) is 29.3 Å². The SMILES string of the molecule is CCN(CC(=O)Nc1c(Cl)cccc1Cl)C(=O)Cn1ccc(=O)[nH]c1=O. The number of carbonyl (C=O) groups is 2. The van der Waals surface area contributed by atoms with Gasteiger partial charge in [-0.25, -0.2) is 4.79 Å². The smallest absolute Gasteiger partial charge is 0.328 e. The maximum atomic E-state index is 12.3. The predicted molar refractivity (Wildman–Crippen MR) is 98.7 cm³/mol. The Bertz CT molecular complexity index is 918. The number of aromatic amines is 1. The van der Waals surface area contributed by atoms with Crippen LogP contribution < -0.4 is 16.6 Å². The lowest BCUT2D eigenvalue weighted by Crippen LogP contribution is -2.41. The van der Waals surface area contributed by atoms with E-state index in [0.29, 0.717) is 0 Å². The summed E-state index contributed by atoms with van der Waals surface area (Å²) in [6.45, 7) is 1.41. The van der Waals surface area contributed by atoms with Gasteiger partial charge in [0.05, 0.1) is 22.3 Å². The van der Waals surface area contributed by atoms with Crippen LogP contribution in [-0.4, -0.2) is 39.4 Å². The molecule has 2 amide bonds. The maximum Gasteiger partial charge on any atom is 0.328 e. The van der Waals surface area contributed by atoms with Crippen molar-refractivity contribution in [1.82, 2.24) is 14.5 Å². The predicted octanol–water partition coefficient (Wildman–Crippen LogP) is 1.33. The van der Waals surface area contributed by atoms with Crippen molar-refractivity contribution >= 4 is 40.7 Å². The number of hydrogen-bond donors (Lipinski definition) is 2. The molecule has 0 atom stereocenters. The van der Waals surface area contributed by atoms with Crippen LogP contribution in [0.3, 0.4) is 0 Å². The van der Waals surface area contributed by atoms with Gasteiger partial charge in [0, 0.05) is 18.8 Å². The van der Waals surface area contributed by atoms with E-state index in [1.165, 1.54) is 11.1 Å². The number of anilines is 1. The average Bonchev–Trinajstić information content (AvgIpc) is 2.58. The number of carbonyl (C=O) groups excluding carboxylic acids is 2. The monoisotopic (exact) mass is 398 g/mol. The van der Waals surface area contributed by atoms with Crippen molar-refractivity contribution in [2.75, 3.05) is 18.4 Å². The first-order valence-electron chi connectivity index (χ1n) is 7.63. The molecule has 0 aliphatic carbocycles. The fourth-order valence-corrected chi connectivity index (χ4v) is 2.65. The zero-order chi connectivity index (χ0) is 19.3. The Morgan fingerprint density at radius 2 is 1.85 bits per heavy atom. The minimum Gasteiger partial charge on any atom is -0.332 e. The quantitative estimate of drug-likeness (QED) is 0.765. The fraction of sp³-hybridized carbons (Fsp3) is 0.250. The molecule has 1 aromatic heterocycles. The lowest BCUT2D eigenvalue weighted by atomic mass is 10.3. The third-order valence-electron chi connectivity index (χ3n) is 3.50. The van der Waals surface area contributed by atoms with Crippen molar-refractivity contribution in [3.8, 4) is 0 Å². The highest BCUT2D eigenvalue weighted by molar-refractivity contribution is 6.39. The van der Waals surface area contributed by atoms with E-state index >= 15 is 0 Å². The van der Waals surface area contributed by atoms with E-state index in [1.54, 1.807) is 25.1 Å². The Morgan fingerprint density at radius 3 is 2.42 bits per heavy atom. The van der Waals surface area contributed by atoms with Gasteiger partial charge < -0.3 is 10.2 Å². The summed E-state index contributed by atoms with van der Waals surface area (Å²) in [5.74, 6) is -0.939. The average molecular weight is 399 g/mol. The molecule has 138 valence electrons. The van der Waals surface area contributed by atoms with Crippen LogP contribution in [0.5, 0.6) is 0 Å². The Balaban J connectivity index is 2.05. The minimum atomic E-state index is -0.700. The molecule has 0 radical (unpaired) electrons. The fourth-order valence-electron chi connectivity index (χ4n) is 2.16.